The van der Waals surface area contributed by atoms with Crippen LogP contribution in [0, 0.1) is 0 Å². The van der Waals surface area contributed by atoms with Crippen molar-refractivity contribution in [1.82, 2.24) is 15.3 Å². The highest BCUT2D eigenvalue weighted by molar-refractivity contribution is 7.98. The molecule has 0 saturated heterocycles. The maximum Gasteiger partial charge on any atom is 0.322 e. The van der Waals surface area contributed by atoms with Gasteiger partial charge in [0.1, 0.15) is 29.9 Å². The molecule has 0 aliphatic heterocycles. The number of nitrogens with zero attached hydrogens (tertiary/aromatic N) is 1. The minimum absolute atomic E-state index is 0.160. The Bertz CT molecular complexity index is 1620. The Labute approximate surface area is 298 Å². The first-order valence-electron chi connectivity index (χ1n) is 15.4. The lowest BCUT2D eigenvalue weighted by molar-refractivity contribution is -0.140. The van der Waals surface area contributed by atoms with E-state index in [1.807, 2.05) is 48.9 Å². The Morgan fingerprint density at radius 3 is 1.88 bits per heavy atom. The first-order chi connectivity index (χ1) is 24.2. The third kappa shape index (κ3) is 18.0. The van der Waals surface area contributed by atoms with Crippen LogP contribution in [0.4, 0.5) is 0 Å². The number of aliphatic hydroxyl groups is 1. The van der Waals surface area contributed by atoms with Crippen LogP contribution in [0.25, 0.3) is 10.9 Å². The van der Waals surface area contributed by atoms with Crippen molar-refractivity contribution in [2.75, 3.05) is 18.6 Å². The van der Waals surface area contributed by atoms with Crippen LogP contribution >= 0.6 is 11.8 Å². The molecule has 0 radical (unpaired) electrons. The van der Waals surface area contributed by atoms with Crippen LogP contribution in [-0.4, -0.2) is 107 Å². The zero-order valence-corrected chi connectivity index (χ0v) is 28.8. The number of phenolic OH excluding ortho intramolecular Hbond substituents is 1. The zero-order valence-electron chi connectivity index (χ0n) is 28.0. The number of rotatable bonds is 15. The van der Waals surface area contributed by atoms with E-state index in [1.165, 1.54) is 12.1 Å². The second kappa shape index (κ2) is 24.2. The predicted octanol–water partition coefficient (Wildman–Crippen LogP) is 1.24. The van der Waals surface area contributed by atoms with Crippen molar-refractivity contribution in [2.24, 2.45) is 17.2 Å². The number of H-pyrrole nitrogens is 1. The van der Waals surface area contributed by atoms with Gasteiger partial charge in [0.05, 0.1) is 6.61 Å². The number of carboxylic acid groups (broad SMARTS) is 4. The number of aliphatic carboxylic acids is 4. The number of thioether (sulfide) groups is 1. The Balaban J connectivity index is 0.000000382. The summed E-state index contributed by atoms with van der Waals surface area (Å²) in [6.45, 7) is -0.00280. The summed E-state index contributed by atoms with van der Waals surface area (Å²) < 4.78 is 0. The number of aromatic nitrogens is 2. The fraction of sp³-hybridized carbons (Fsp3) is 0.324. The first kappa shape index (κ1) is 44.0. The number of fused-ring (bicyclic) bond motifs is 1. The third-order valence-corrected chi connectivity index (χ3v) is 7.52. The van der Waals surface area contributed by atoms with Crippen LogP contribution in [0.1, 0.15) is 23.1 Å². The quantitative estimate of drug-likeness (QED) is 0.0819. The number of carbonyl (C=O) groups is 4. The molecule has 0 spiro atoms. The van der Waals surface area contributed by atoms with E-state index in [0.717, 1.165) is 33.3 Å². The molecule has 14 N–H and O–H groups in total. The minimum atomic E-state index is -1.18. The maximum atomic E-state index is 11.5. The maximum absolute atomic E-state index is 11.5. The van der Waals surface area contributed by atoms with Gasteiger partial charge in [0, 0.05) is 42.5 Å². The fourth-order valence-electron chi connectivity index (χ4n) is 3.93. The summed E-state index contributed by atoms with van der Waals surface area (Å²) >= 11 is 1.60. The number of aromatic hydroxyl groups is 1. The van der Waals surface area contributed by atoms with Gasteiger partial charge in [0.2, 0.25) is 0 Å². The van der Waals surface area contributed by atoms with Crippen LogP contribution in [-0.2, 0) is 38.6 Å². The van der Waals surface area contributed by atoms with Gasteiger partial charge in [-0.1, -0.05) is 30.3 Å². The molecule has 16 nitrogen and oxygen atoms in total. The average Bonchev–Trinajstić information content (AvgIpc) is 3.53. The lowest BCUT2D eigenvalue weighted by Gasteiger charge is -2.14. The normalized spacial score (nSPS) is 12.6. The topological polar surface area (TPSA) is 308 Å². The van der Waals surface area contributed by atoms with Crippen LogP contribution < -0.4 is 22.5 Å². The largest absolute Gasteiger partial charge is 0.508 e. The van der Waals surface area contributed by atoms with Gasteiger partial charge in [-0.05, 0) is 71.9 Å². The van der Waals surface area contributed by atoms with Crippen molar-refractivity contribution in [1.29, 1.82) is 0 Å². The van der Waals surface area contributed by atoms with E-state index in [1.54, 1.807) is 36.3 Å². The van der Waals surface area contributed by atoms with Crippen LogP contribution in [0.15, 0.2) is 79.3 Å². The molecule has 278 valence electrons. The van der Waals surface area contributed by atoms with Crippen molar-refractivity contribution in [3.8, 4) is 5.75 Å². The number of nitrogens with two attached hydrogens (primary N) is 3. The highest BCUT2D eigenvalue weighted by Crippen LogP contribution is 2.19. The summed E-state index contributed by atoms with van der Waals surface area (Å²) in [5.74, 6) is -2.99. The predicted molar refractivity (Wildman–Crippen MR) is 193 cm³/mol. The van der Waals surface area contributed by atoms with Crippen LogP contribution in [0.5, 0.6) is 5.75 Å². The van der Waals surface area contributed by atoms with E-state index in [9.17, 15) is 24.3 Å². The number of carboxylic acids is 4. The molecule has 17 heteroatoms. The lowest BCUT2D eigenvalue weighted by atomic mass is 10.0. The average molecular weight is 731 g/mol. The molecule has 2 aromatic carbocycles. The van der Waals surface area contributed by atoms with Gasteiger partial charge in [-0.15, -0.1) is 0 Å². The van der Waals surface area contributed by atoms with E-state index in [4.69, 9.17) is 42.7 Å². The summed E-state index contributed by atoms with van der Waals surface area (Å²) in [6, 6.07) is 14.6. The Hall–Kier alpha value is -5.04. The molecule has 4 aromatic rings. The van der Waals surface area contributed by atoms with Crippen molar-refractivity contribution < 1.29 is 49.8 Å². The van der Waals surface area contributed by atoms with Crippen LogP contribution in [0.3, 0.4) is 0 Å². The summed E-state index contributed by atoms with van der Waals surface area (Å²) in [5, 5.41) is 55.2. The molecule has 0 fully saturated rings. The monoisotopic (exact) mass is 730 g/mol. The Kier molecular flexibility index (Phi) is 20.8. The first-order valence-corrected chi connectivity index (χ1v) is 16.8. The van der Waals surface area contributed by atoms with E-state index in [2.05, 4.69) is 15.3 Å². The third-order valence-electron chi connectivity index (χ3n) is 6.87. The van der Waals surface area contributed by atoms with Gasteiger partial charge in [-0.2, -0.15) is 11.8 Å². The fourth-order valence-corrected chi connectivity index (χ4v) is 4.42. The lowest BCUT2D eigenvalue weighted by Crippen LogP contribution is -2.38. The number of nitrogens with one attached hydrogen (secondary N) is 2. The van der Waals surface area contributed by atoms with E-state index >= 15 is 0 Å². The molecule has 2 aromatic heterocycles. The number of pyridine rings is 1. The van der Waals surface area contributed by atoms with E-state index < -0.39 is 54.7 Å². The van der Waals surface area contributed by atoms with Gasteiger partial charge in [-0.3, -0.25) is 24.2 Å². The van der Waals surface area contributed by atoms with E-state index in [0.29, 0.717) is 19.4 Å². The van der Waals surface area contributed by atoms with E-state index in [-0.39, 0.29) is 12.2 Å². The van der Waals surface area contributed by atoms with Gasteiger partial charge >= 0.3 is 23.9 Å². The standard InChI is InChI=1S/C17H17N3O2.C9H11NO3.C5H11NO2S.C3H7NO3/c21-17(22)16(19-10-12-5-7-18-8-6-12)9-13-11-20-15-4-2-1-3-14(13)15;10-8(9(12)13)5-6-1-3-7(11)4-2-6;1-9-3-2-4(6)5(7)8;4-2(1-5)3(6)7/h1-8,11,16,19-20H,9-10H2,(H,21,22);1-4,8,11H,5,10H2,(H,12,13);4H,2-3,6H2,1H3,(H,7,8);2,5H,1,4H2,(H,6,7)/t16-;8-;4-;2-/m0000/s1. The Morgan fingerprint density at radius 2 is 1.37 bits per heavy atom. The Morgan fingerprint density at radius 1 is 0.784 bits per heavy atom. The zero-order chi connectivity index (χ0) is 38.3. The summed E-state index contributed by atoms with van der Waals surface area (Å²) in [4.78, 5) is 48.7. The van der Waals surface area contributed by atoms with Crippen LogP contribution in [0.2, 0.25) is 0 Å². The molecule has 0 bridgehead atoms. The smallest absolute Gasteiger partial charge is 0.322 e. The number of aliphatic hydroxyl groups excluding tert-OH is 1. The number of hydrogen-bond acceptors (Lipinski definition) is 12. The second-order valence-corrected chi connectivity index (χ2v) is 11.8. The summed E-state index contributed by atoms with van der Waals surface area (Å²) in [7, 11) is 0. The van der Waals surface area contributed by atoms with Crippen molar-refractivity contribution in [2.45, 2.75) is 50.0 Å². The summed E-state index contributed by atoms with van der Waals surface area (Å²) in [6.07, 6.45) is 8.47. The molecule has 2 heterocycles. The van der Waals surface area contributed by atoms with Gasteiger partial charge in [-0.25, -0.2) is 0 Å². The van der Waals surface area contributed by atoms with Crippen molar-refractivity contribution in [3.05, 3.63) is 95.9 Å². The molecule has 0 saturated carbocycles. The SMILES string of the molecule is CSCC[C@H](N)C(=O)O.N[C@@H](CO)C(=O)O.N[C@@H](Cc1ccc(O)cc1)C(=O)O.O=C(O)[C@H](Cc1c[nH]c2ccccc12)NCc1ccncc1. The number of hydrogen-bond donors (Lipinski definition) is 11. The number of aromatic amines is 1. The molecular weight excluding hydrogens is 684 g/mol. The highest BCUT2D eigenvalue weighted by atomic mass is 32.2. The van der Waals surface area contributed by atoms with Crippen molar-refractivity contribution >= 4 is 46.5 Å². The molecule has 0 amide bonds. The summed E-state index contributed by atoms with van der Waals surface area (Å²) in [5.41, 5.74) is 19.1. The van der Waals surface area contributed by atoms with Gasteiger partial charge < -0.3 is 58.1 Å². The number of benzene rings is 2. The van der Waals surface area contributed by atoms with Crippen molar-refractivity contribution in [3.63, 3.8) is 0 Å². The van der Waals surface area contributed by atoms with Gasteiger partial charge in [0.15, 0.2) is 0 Å². The molecule has 0 unspecified atom stereocenters. The molecular formula is C34H46N6O10S. The minimum Gasteiger partial charge on any atom is -0.508 e. The number of para-hydroxylation sites is 1. The molecule has 51 heavy (non-hydrogen) atoms. The highest BCUT2D eigenvalue weighted by Gasteiger charge is 2.19. The molecule has 0 aliphatic carbocycles. The number of phenols is 1. The molecule has 4 rings (SSSR count). The second-order valence-electron chi connectivity index (χ2n) is 10.9. The molecule has 0 aliphatic rings. The molecule has 4 atom stereocenters. The van der Waals surface area contributed by atoms with Gasteiger partial charge in [0.25, 0.3) is 0 Å².